The van der Waals surface area contributed by atoms with E-state index in [1.165, 1.54) is 0 Å². The van der Waals surface area contributed by atoms with Crippen molar-refractivity contribution in [2.45, 2.75) is 6.92 Å². The topological polar surface area (TPSA) is 49.8 Å². The summed E-state index contributed by atoms with van der Waals surface area (Å²) in [5, 5.41) is 8.34. The van der Waals surface area contributed by atoms with Gasteiger partial charge >= 0.3 is 0 Å². The van der Waals surface area contributed by atoms with E-state index in [1.54, 1.807) is 6.92 Å². The largest absolute Gasteiger partial charge is 0.389 e. The molecule has 2 nitrogen and oxygen atoms in total. The third-order valence-electron chi connectivity index (χ3n) is 0.720. The zero-order valence-corrected chi connectivity index (χ0v) is 6.59. The van der Waals surface area contributed by atoms with Crippen LogP contribution in [-0.2, 0) is 0 Å². The second kappa shape index (κ2) is 3.49. The van der Waals surface area contributed by atoms with Crippen LogP contribution >= 0.6 is 24.8 Å². The van der Waals surface area contributed by atoms with Crippen molar-refractivity contribution in [2.24, 2.45) is 5.73 Å². The van der Waals surface area contributed by atoms with Gasteiger partial charge in [-0.15, -0.1) is 12.6 Å². The van der Waals surface area contributed by atoms with E-state index in [0.29, 0.717) is 4.91 Å². The number of thiol groups is 1. The van der Waals surface area contributed by atoms with Crippen molar-refractivity contribution >= 4 is 29.8 Å². The molecule has 0 amide bonds. The first-order valence-corrected chi connectivity index (χ1v) is 3.05. The van der Waals surface area contributed by atoms with Crippen LogP contribution in [0.2, 0.25) is 0 Å². The zero-order chi connectivity index (χ0) is 7.44. The molecule has 0 rings (SSSR count). The first kappa shape index (κ1) is 8.47. The third kappa shape index (κ3) is 2.49. The van der Waals surface area contributed by atoms with Gasteiger partial charge in [-0.05, 0) is 11.8 Å². The van der Waals surface area contributed by atoms with Gasteiger partial charge in [0.1, 0.15) is 11.1 Å². The number of allylic oxidation sites excluding steroid dienone is 1. The lowest BCUT2D eigenvalue weighted by atomic mass is 10.3. The summed E-state index contributed by atoms with van der Waals surface area (Å²) in [4.78, 5) is 0.662. The van der Waals surface area contributed by atoms with Crippen LogP contribution in [0.4, 0.5) is 0 Å². The molecule has 0 saturated carbocycles. The molecular formula is C5H6N2S2. The highest BCUT2D eigenvalue weighted by Gasteiger charge is 1.99. The molecule has 48 valence electrons. The van der Waals surface area contributed by atoms with Gasteiger partial charge in [0.05, 0.1) is 5.57 Å². The second-order valence-electron chi connectivity index (χ2n) is 1.44. The van der Waals surface area contributed by atoms with E-state index in [2.05, 4.69) is 24.8 Å². The molecule has 0 aromatic carbocycles. The lowest BCUT2D eigenvalue weighted by molar-refractivity contribution is 1.49. The Morgan fingerprint density at radius 1 is 1.78 bits per heavy atom. The summed E-state index contributed by atoms with van der Waals surface area (Å²) in [7, 11) is 0. The number of nitrogens with two attached hydrogens (primary N) is 1. The molecule has 0 aromatic heterocycles. The van der Waals surface area contributed by atoms with Crippen molar-refractivity contribution in [1.29, 1.82) is 5.26 Å². The summed E-state index contributed by atoms with van der Waals surface area (Å²) in [6.07, 6.45) is 0. The molecule has 0 aliphatic heterocycles. The van der Waals surface area contributed by atoms with Gasteiger partial charge in [0.15, 0.2) is 0 Å². The Labute approximate surface area is 64.8 Å². The quantitative estimate of drug-likeness (QED) is 0.259. The summed E-state index contributed by atoms with van der Waals surface area (Å²) in [6, 6.07) is 1.84. The van der Waals surface area contributed by atoms with E-state index in [4.69, 9.17) is 11.0 Å². The molecule has 0 atom stereocenters. The van der Waals surface area contributed by atoms with Crippen LogP contribution in [0.1, 0.15) is 6.92 Å². The fourth-order valence-electron chi connectivity index (χ4n) is 0.314. The molecule has 0 fully saturated rings. The van der Waals surface area contributed by atoms with Crippen molar-refractivity contribution < 1.29 is 0 Å². The molecule has 0 saturated heterocycles. The molecule has 0 radical (unpaired) electrons. The highest BCUT2D eigenvalue weighted by atomic mass is 32.1. The fourth-order valence-corrected chi connectivity index (χ4v) is 0.759. The van der Waals surface area contributed by atoms with Crippen LogP contribution in [0.3, 0.4) is 0 Å². The van der Waals surface area contributed by atoms with E-state index >= 15 is 0 Å². The molecule has 0 aliphatic rings. The van der Waals surface area contributed by atoms with Crippen LogP contribution in [0.15, 0.2) is 10.5 Å². The van der Waals surface area contributed by atoms with Gasteiger partial charge < -0.3 is 5.73 Å². The summed E-state index contributed by atoms with van der Waals surface area (Å²) in [6.45, 7) is 1.67. The fraction of sp³-hybridized carbons (Fsp3) is 0.200. The van der Waals surface area contributed by atoms with Crippen molar-refractivity contribution in [3.8, 4) is 6.07 Å². The molecule has 9 heavy (non-hydrogen) atoms. The highest BCUT2D eigenvalue weighted by Crippen LogP contribution is 2.06. The van der Waals surface area contributed by atoms with Crippen LogP contribution in [0.5, 0.6) is 0 Å². The average molecular weight is 158 g/mol. The van der Waals surface area contributed by atoms with E-state index < -0.39 is 0 Å². The predicted molar refractivity (Wildman–Crippen MR) is 44.1 cm³/mol. The summed E-state index contributed by atoms with van der Waals surface area (Å²) in [5.41, 5.74) is 5.44. The SMILES string of the molecule is C/C(S)=C(/C#N)C(N)=S. The number of thiocarbonyl (C=S) groups is 1. The minimum Gasteiger partial charge on any atom is -0.389 e. The maximum Gasteiger partial charge on any atom is 0.115 e. The number of rotatable bonds is 1. The number of nitriles is 1. The normalized spacial score (nSPS) is 11.7. The number of nitrogens with zero attached hydrogens (tertiary/aromatic N) is 1. The van der Waals surface area contributed by atoms with Crippen molar-refractivity contribution in [3.63, 3.8) is 0 Å². The van der Waals surface area contributed by atoms with E-state index in [1.807, 2.05) is 6.07 Å². The summed E-state index contributed by atoms with van der Waals surface area (Å²) in [5.74, 6) is 0. The Morgan fingerprint density at radius 3 is 2.22 bits per heavy atom. The molecule has 0 unspecified atom stereocenters. The smallest absolute Gasteiger partial charge is 0.115 e. The summed E-state index contributed by atoms with van der Waals surface area (Å²) < 4.78 is 0. The number of hydrogen-bond donors (Lipinski definition) is 2. The Bertz CT molecular complexity index is 195. The van der Waals surface area contributed by atoms with Crippen LogP contribution in [-0.4, -0.2) is 4.99 Å². The predicted octanol–water partition coefficient (Wildman–Crippen LogP) is 1.000. The summed E-state index contributed by atoms with van der Waals surface area (Å²) >= 11 is 8.44. The van der Waals surface area contributed by atoms with Gasteiger partial charge in [-0.25, -0.2) is 0 Å². The van der Waals surface area contributed by atoms with Gasteiger partial charge in [0.25, 0.3) is 0 Å². The van der Waals surface area contributed by atoms with Gasteiger partial charge in [0, 0.05) is 0 Å². The molecule has 0 aliphatic carbocycles. The Balaban J connectivity index is 4.62. The Kier molecular flexibility index (Phi) is 3.28. The van der Waals surface area contributed by atoms with E-state index in [9.17, 15) is 0 Å². The highest BCUT2D eigenvalue weighted by molar-refractivity contribution is 7.85. The minimum absolute atomic E-state index is 0.102. The molecule has 0 bridgehead atoms. The molecule has 4 heteroatoms. The van der Waals surface area contributed by atoms with Crippen LogP contribution in [0.25, 0.3) is 0 Å². The van der Waals surface area contributed by atoms with Crippen LogP contribution in [0, 0.1) is 11.3 Å². The molecular weight excluding hydrogens is 152 g/mol. The Hall–Kier alpha value is -0.530. The third-order valence-corrected chi connectivity index (χ3v) is 1.15. The lowest BCUT2D eigenvalue weighted by Crippen LogP contribution is -2.10. The van der Waals surface area contributed by atoms with Gasteiger partial charge in [0.2, 0.25) is 0 Å². The van der Waals surface area contributed by atoms with Crippen molar-refractivity contribution in [2.75, 3.05) is 0 Å². The molecule has 0 aromatic rings. The maximum atomic E-state index is 8.34. The second-order valence-corrected chi connectivity index (χ2v) is 2.55. The van der Waals surface area contributed by atoms with Gasteiger partial charge in [-0.3, -0.25) is 0 Å². The van der Waals surface area contributed by atoms with Crippen molar-refractivity contribution in [1.82, 2.24) is 0 Å². The van der Waals surface area contributed by atoms with E-state index in [0.717, 1.165) is 0 Å². The maximum absolute atomic E-state index is 8.34. The first-order valence-electron chi connectivity index (χ1n) is 2.19. The van der Waals surface area contributed by atoms with Gasteiger partial charge in [-0.1, -0.05) is 12.2 Å². The average Bonchev–Trinajstić information content (AvgIpc) is 1.64. The molecule has 0 spiro atoms. The lowest BCUT2D eigenvalue weighted by Gasteiger charge is -1.93. The van der Waals surface area contributed by atoms with Gasteiger partial charge in [-0.2, -0.15) is 5.26 Å². The first-order chi connectivity index (χ1) is 4.09. The standard InChI is InChI=1S/C5H6N2S2/c1-3(8)4(2-6)5(7)9/h8H,1H3,(H2,7,9)/b4-3+. The van der Waals surface area contributed by atoms with Crippen molar-refractivity contribution in [3.05, 3.63) is 10.5 Å². The minimum atomic E-state index is 0.102. The van der Waals surface area contributed by atoms with Crippen LogP contribution < -0.4 is 5.73 Å². The zero-order valence-electron chi connectivity index (χ0n) is 4.88. The monoisotopic (exact) mass is 158 g/mol. The molecule has 2 N–H and O–H groups in total. The number of hydrogen-bond acceptors (Lipinski definition) is 3. The van der Waals surface area contributed by atoms with E-state index in [-0.39, 0.29) is 10.6 Å². The Morgan fingerprint density at radius 2 is 2.22 bits per heavy atom. The molecule has 0 heterocycles.